The molecule has 4 nitrogen and oxygen atoms in total. The van der Waals surface area contributed by atoms with Gasteiger partial charge < -0.3 is 5.11 Å². The number of nitrogens with zero attached hydrogens (tertiary/aromatic N) is 1. The van der Waals surface area contributed by atoms with E-state index in [1.54, 1.807) is 7.05 Å². The summed E-state index contributed by atoms with van der Waals surface area (Å²) in [7, 11) is -1.62. The van der Waals surface area contributed by atoms with Crippen molar-refractivity contribution >= 4 is 10.0 Å². The molecule has 1 aliphatic rings. The molecule has 0 unspecified atom stereocenters. The zero-order chi connectivity index (χ0) is 13.8. The van der Waals surface area contributed by atoms with Crippen LogP contribution in [0.3, 0.4) is 0 Å². The summed E-state index contributed by atoms with van der Waals surface area (Å²) >= 11 is 0. The minimum absolute atomic E-state index is 0.187. The Balaban J connectivity index is 2.55. The summed E-state index contributed by atoms with van der Waals surface area (Å²) < 4.78 is 25.3. The van der Waals surface area contributed by atoms with E-state index in [9.17, 15) is 13.5 Å². The van der Waals surface area contributed by atoms with Gasteiger partial charge in [-0.05, 0) is 38.0 Å². The molecule has 0 aromatic rings. The third-order valence-electron chi connectivity index (χ3n) is 3.95. The van der Waals surface area contributed by atoms with Crippen molar-refractivity contribution < 1.29 is 13.5 Å². The van der Waals surface area contributed by atoms with E-state index in [4.69, 9.17) is 0 Å². The number of hydrogen-bond acceptors (Lipinski definition) is 3. The van der Waals surface area contributed by atoms with Gasteiger partial charge in [-0.3, -0.25) is 0 Å². The van der Waals surface area contributed by atoms with Crippen LogP contribution >= 0.6 is 0 Å². The van der Waals surface area contributed by atoms with Crippen LogP contribution < -0.4 is 0 Å². The molecule has 0 aromatic carbocycles. The number of hydrogen-bond donors (Lipinski definition) is 1. The molecule has 0 spiro atoms. The summed E-state index contributed by atoms with van der Waals surface area (Å²) in [5.74, 6) is 0.833. The summed E-state index contributed by atoms with van der Waals surface area (Å²) in [5, 5.41) is 10.4. The first-order valence-electron chi connectivity index (χ1n) is 6.95. The topological polar surface area (TPSA) is 57.6 Å². The summed E-state index contributed by atoms with van der Waals surface area (Å²) in [6.07, 6.45) is 4.94. The van der Waals surface area contributed by atoms with Crippen molar-refractivity contribution in [2.75, 3.05) is 19.3 Å². The molecular weight excluding hydrogens is 250 g/mol. The Bertz CT molecular complexity index is 345. The lowest BCUT2D eigenvalue weighted by atomic mass is 9.79. The molecule has 0 saturated heterocycles. The first-order chi connectivity index (χ1) is 8.29. The quantitative estimate of drug-likeness (QED) is 0.808. The molecule has 1 fully saturated rings. The highest BCUT2D eigenvalue weighted by Gasteiger charge is 2.35. The van der Waals surface area contributed by atoms with E-state index in [0.29, 0.717) is 25.2 Å². The van der Waals surface area contributed by atoms with Crippen LogP contribution in [-0.2, 0) is 10.0 Å². The van der Waals surface area contributed by atoms with Crippen molar-refractivity contribution in [3.8, 4) is 0 Å². The van der Waals surface area contributed by atoms with E-state index in [-0.39, 0.29) is 12.3 Å². The molecule has 0 atom stereocenters. The monoisotopic (exact) mass is 277 g/mol. The van der Waals surface area contributed by atoms with Crippen molar-refractivity contribution in [3.63, 3.8) is 0 Å². The molecule has 0 bridgehead atoms. The number of unbranched alkanes of at least 4 members (excludes halogenated alkanes) is 1. The fourth-order valence-electron chi connectivity index (χ4n) is 2.45. The van der Waals surface area contributed by atoms with Crippen LogP contribution in [0.5, 0.6) is 0 Å². The third kappa shape index (κ3) is 4.52. The van der Waals surface area contributed by atoms with Crippen LogP contribution in [0.2, 0.25) is 0 Å². The van der Waals surface area contributed by atoms with E-state index in [2.05, 4.69) is 6.92 Å². The highest BCUT2D eigenvalue weighted by Crippen LogP contribution is 2.32. The molecule has 0 aliphatic heterocycles. The Hall–Kier alpha value is -0.130. The zero-order valence-corrected chi connectivity index (χ0v) is 12.7. The molecule has 0 amide bonds. The Kier molecular flexibility index (Phi) is 5.62. The van der Waals surface area contributed by atoms with Crippen LogP contribution in [-0.4, -0.2) is 42.8 Å². The predicted molar refractivity (Wildman–Crippen MR) is 73.9 cm³/mol. The second-order valence-electron chi connectivity index (χ2n) is 5.83. The largest absolute Gasteiger partial charge is 0.389 e. The fourth-order valence-corrected chi connectivity index (χ4v) is 3.86. The molecule has 5 heteroatoms. The van der Waals surface area contributed by atoms with Crippen molar-refractivity contribution in [2.24, 2.45) is 5.92 Å². The number of rotatable bonds is 6. The van der Waals surface area contributed by atoms with Gasteiger partial charge in [0.15, 0.2) is 0 Å². The van der Waals surface area contributed by atoms with Crippen LogP contribution in [0.15, 0.2) is 0 Å². The number of sulfonamides is 1. The van der Waals surface area contributed by atoms with Crippen LogP contribution in [0.25, 0.3) is 0 Å². The van der Waals surface area contributed by atoms with E-state index in [1.807, 2.05) is 6.92 Å². The Labute approximate surface area is 111 Å². The molecule has 108 valence electrons. The van der Waals surface area contributed by atoms with E-state index in [0.717, 1.165) is 19.3 Å². The van der Waals surface area contributed by atoms with E-state index < -0.39 is 15.6 Å². The molecule has 1 N–H and O–H groups in total. The summed E-state index contributed by atoms with van der Waals surface area (Å²) in [5.41, 5.74) is -0.819. The number of likely N-dealkylation sites (N-methyl/N-ethyl adjacent to an activating group) is 1. The number of aliphatic hydroxyl groups is 1. The van der Waals surface area contributed by atoms with Gasteiger partial charge in [-0.1, -0.05) is 20.3 Å². The van der Waals surface area contributed by atoms with Gasteiger partial charge in [0.05, 0.1) is 11.4 Å². The van der Waals surface area contributed by atoms with Crippen LogP contribution in [0.4, 0.5) is 0 Å². The van der Waals surface area contributed by atoms with Gasteiger partial charge in [-0.25, -0.2) is 12.7 Å². The molecule has 1 rings (SSSR count). The van der Waals surface area contributed by atoms with Gasteiger partial charge in [0.2, 0.25) is 10.0 Å². The zero-order valence-electron chi connectivity index (χ0n) is 11.9. The second kappa shape index (κ2) is 6.35. The normalized spacial score (nSPS) is 29.7. The van der Waals surface area contributed by atoms with Crippen molar-refractivity contribution in [3.05, 3.63) is 0 Å². The minimum Gasteiger partial charge on any atom is -0.389 e. The molecule has 18 heavy (non-hydrogen) atoms. The lowest BCUT2D eigenvalue weighted by molar-refractivity contribution is -0.0174. The molecule has 0 heterocycles. The smallest absolute Gasteiger partial charge is 0.213 e. The average Bonchev–Trinajstić information content (AvgIpc) is 2.31. The summed E-state index contributed by atoms with van der Waals surface area (Å²) in [4.78, 5) is 0. The fraction of sp³-hybridized carbons (Fsp3) is 1.00. The Morgan fingerprint density at radius 3 is 2.39 bits per heavy atom. The summed E-state index contributed by atoms with van der Waals surface area (Å²) in [6.45, 7) is 4.40. The van der Waals surface area contributed by atoms with E-state index >= 15 is 0 Å². The minimum atomic E-state index is -3.20. The predicted octanol–water partition coefficient (Wildman–Crippen LogP) is 1.99. The maximum Gasteiger partial charge on any atom is 0.213 e. The van der Waals surface area contributed by atoms with Crippen LogP contribution in [0.1, 0.15) is 52.4 Å². The maximum atomic E-state index is 12.0. The highest BCUT2D eigenvalue weighted by atomic mass is 32.2. The molecule has 0 radical (unpaired) electrons. The SMILES string of the molecule is CCCCS(=O)(=O)N(C)CC1(O)CCC(C)CC1. The second-order valence-corrected chi connectivity index (χ2v) is 8.03. The van der Waals surface area contributed by atoms with Gasteiger partial charge in [-0.2, -0.15) is 0 Å². The van der Waals surface area contributed by atoms with Gasteiger partial charge in [0.1, 0.15) is 0 Å². The Morgan fingerprint density at radius 2 is 1.89 bits per heavy atom. The first kappa shape index (κ1) is 15.9. The van der Waals surface area contributed by atoms with Gasteiger partial charge in [0.25, 0.3) is 0 Å². The van der Waals surface area contributed by atoms with Gasteiger partial charge in [0, 0.05) is 13.6 Å². The summed E-state index contributed by atoms with van der Waals surface area (Å²) in [6, 6.07) is 0. The Morgan fingerprint density at radius 1 is 1.33 bits per heavy atom. The highest BCUT2D eigenvalue weighted by molar-refractivity contribution is 7.89. The molecule has 0 aromatic heterocycles. The lowest BCUT2D eigenvalue weighted by Crippen LogP contribution is -2.46. The van der Waals surface area contributed by atoms with Crippen molar-refractivity contribution in [2.45, 2.75) is 58.0 Å². The van der Waals surface area contributed by atoms with Crippen LogP contribution in [0, 0.1) is 5.92 Å². The standard InChI is InChI=1S/C13H27NO3S/c1-4-5-10-18(16,17)14(3)11-13(15)8-6-12(2)7-9-13/h12,15H,4-11H2,1-3H3. The maximum absolute atomic E-state index is 12.0. The molecular formula is C13H27NO3S. The van der Waals surface area contributed by atoms with E-state index in [1.165, 1.54) is 4.31 Å². The van der Waals surface area contributed by atoms with Gasteiger partial charge in [-0.15, -0.1) is 0 Å². The van der Waals surface area contributed by atoms with Gasteiger partial charge >= 0.3 is 0 Å². The van der Waals surface area contributed by atoms with Crippen molar-refractivity contribution in [1.29, 1.82) is 0 Å². The first-order valence-corrected chi connectivity index (χ1v) is 8.56. The van der Waals surface area contributed by atoms with Crippen molar-refractivity contribution in [1.82, 2.24) is 4.31 Å². The lowest BCUT2D eigenvalue weighted by Gasteiger charge is -2.37. The third-order valence-corrected chi connectivity index (χ3v) is 5.84. The average molecular weight is 277 g/mol. The molecule has 1 aliphatic carbocycles. The molecule has 1 saturated carbocycles.